The molecule has 2 aromatic rings. The molecule has 1 saturated heterocycles. The Morgan fingerprint density at radius 2 is 1.87 bits per heavy atom. The summed E-state index contributed by atoms with van der Waals surface area (Å²) in [5.41, 5.74) is 0.375. The number of fused-ring (bicyclic) bond motifs is 4. The van der Waals surface area contributed by atoms with Crippen molar-refractivity contribution in [2.45, 2.75) is 101 Å². The van der Waals surface area contributed by atoms with Crippen LogP contribution in [0.15, 0.2) is 61.2 Å². The summed E-state index contributed by atoms with van der Waals surface area (Å²) >= 11 is 0. The van der Waals surface area contributed by atoms with Crippen LogP contribution in [0.5, 0.6) is 11.5 Å². The standard InChI is InChI=1S/C38H48N4O9S/c1-4-27-21-38(27,36(45)41-52(47,48)30-15-16-30)40-34(43)31-20-29-22-42(31)35(44)33(24(2)3)39-37(46)49-18-10-6-7-11-25-14-17-32(26(19-25)23-50-29)51-28-12-8-5-9-13-28/h4-5,8-9,12-14,17,19,24,27,29-31,33H,1,6-7,10-11,15-16,18,20-23H2,2-3H3,(H,39,46)(H,40,43)(H,41,45)/t27-,29+,31-,33-,38-/m0/s1. The molecule has 4 aliphatic rings. The van der Waals surface area contributed by atoms with Gasteiger partial charge in [-0.1, -0.05) is 44.2 Å². The highest BCUT2D eigenvalue weighted by Crippen LogP contribution is 2.45. The van der Waals surface area contributed by atoms with Gasteiger partial charge in [0.1, 0.15) is 29.1 Å². The Morgan fingerprint density at radius 3 is 2.56 bits per heavy atom. The van der Waals surface area contributed by atoms with Gasteiger partial charge in [-0.3, -0.25) is 19.1 Å². The maximum absolute atomic E-state index is 14.2. The first-order valence-corrected chi connectivity index (χ1v) is 19.7. The van der Waals surface area contributed by atoms with E-state index in [0.717, 1.165) is 30.4 Å². The molecule has 2 aliphatic heterocycles. The van der Waals surface area contributed by atoms with Crippen molar-refractivity contribution in [2.75, 3.05) is 13.2 Å². The Balaban J connectivity index is 1.27. The van der Waals surface area contributed by atoms with Crippen molar-refractivity contribution < 1.29 is 41.8 Å². The number of benzene rings is 2. The Kier molecular flexibility index (Phi) is 11.2. The monoisotopic (exact) mass is 736 g/mol. The maximum atomic E-state index is 14.2. The van der Waals surface area contributed by atoms with Gasteiger partial charge >= 0.3 is 6.09 Å². The number of cyclic esters (lactones) is 1. The number of para-hydroxylation sites is 1. The average molecular weight is 737 g/mol. The molecule has 0 radical (unpaired) electrons. The van der Waals surface area contributed by atoms with Crippen LogP contribution in [0.25, 0.3) is 0 Å². The molecule has 2 aliphatic carbocycles. The van der Waals surface area contributed by atoms with Gasteiger partial charge < -0.3 is 29.7 Å². The van der Waals surface area contributed by atoms with Gasteiger partial charge in [-0.05, 0) is 80.7 Å². The summed E-state index contributed by atoms with van der Waals surface area (Å²) in [6.07, 6.45) is 4.55. The van der Waals surface area contributed by atoms with E-state index in [-0.39, 0.29) is 38.5 Å². The SMILES string of the molecule is C=C[C@H]1C[C@@]1(NC(=O)[C@@H]1C[C@@H]2CN1C(=O)[C@H](C(C)C)NC(=O)OCCCCCc1ccc(Oc3ccccc3)c(c1)CO2)C(=O)NS(=O)(=O)C1CC1. The second-order valence-corrected chi connectivity index (χ2v) is 16.5. The van der Waals surface area contributed by atoms with Crippen molar-refractivity contribution in [2.24, 2.45) is 11.8 Å². The highest BCUT2D eigenvalue weighted by Gasteiger charge is 2.62. The maximum Gasteiger partial charge on any atom is 0.407 e. The number of nitrogens with one attached hydrogen (secondary N) is 3. The largest absolute Gasteiger partial charge is 0.457 e. The molecule has 6 rings (SSSR count). The van der Waals surface area contributed by atoms with E-state index in [9.17, 15) is 27.6 Å². The quantitative estimate of drug-likeness (QED) is 0.321. The van der Waals surface area contributed by atoms with E-state index >= 15 is 0 Å². The molecule has 2 saturated carbocycles. The molecule has 2 heterocycles. The number of rotatable bonds is 9. The van der Waals surface area contributed by atoms with Crippen molar-refractivity contribution in [1.29, 1.82) is 0 Å². The van der Waals surface area contributed by atoms with E-state index in [0.29, 0.717) is 30.8 Å². The third-order valence-electron chi connectivity index (χ3n) is 10.2. The zero-order chi connectivity index (χ0) is 37.0. The van der Waals surface area contributed by atoms with Crippen molar-refractivity contribution in [3.63, 3.8) is 0 Å². The summed E-state index contributed by atoms with van der Waals surface area (Å²) in [7, 11) is -3.88. The van der Waals surface area contributed by atoms with E-state index in [1.807, 2.05) is 48.5 Å². The van der Waals surface area contributed by atoms with Crippen LogP contribution in [0.2, 0.25) is 0 Å². The first kappa shape index (κ1) is 37.3. The van der Waals surface area contributed by atoms with Crippen LogP contribution < -0.4 is 20.1 Å². The Bertz CT molecular complexity index is 1780. The summed E-state index contributed by atoms with van der Waals surface area (Å²) in [5.74, 6) is -1.51. The number of nitrogens with zero attached hydrogens (tertiary/aromatic N) is 1. The number of ether oxygens (including phenoxy) is 3. The predicted molar refractivity (Wildman–Crippen MR) is 192 cm³/mol. The molecule has 52 heavy (non-hydrogen) atoms. The van der Waals surface area contributed by atoms with Gasteiger partial charge in [0, 0.05) is 24.4 Å². The van der Waals surface area contributed by atoms with Crippen LogP contribution in [-0.2, 0) is 46.9 Å². The zero-order valence-electron chi connectivity index (χ0n) is 29.7. The Labute approximate surface area is 304 Å². The van der Waals surface area contributed by atoms with E-state index < -0.39 is 68.7 Å². The van der Waals surface area contributed by atoms with E-state index in [2.05, 4.69) is 21.9 Å². The highest BCUT2D eigenvalue weighted by molar-refractivity contribution is 7.91. The summed E-state index contributed by atoms with van der Waals surface area (Å²) in [6, 6.07) is 13.3. The first-order chi connectivity index (χ1) is 24.9. The molecule has 3 N–H and O–H groups in total. The van der Waals surface area contributed by atoms with E-state index in [4.69, 9.17) is 14.2 Å². The van der Waals surface area contributed by atoms with Crippen molar-refractivity contribution in [1.82, 2.24) is 20.3 Å². The molecular formula is C38H48N4O9S. The fourth-order valence-electron chi connectivity index (χ4n) is 6.89. The molecule has 2 aromatic carbocycles. The highest BCUT2D eigenvalue weighted by atomic mass is 32.2. The van der Waals surface area contributed by atoms with Crippen molar-refractivity contribution >= 4 is 33.8 Å². The third kappa shape index (κ3) is 8.60. The van der Waals surface area contributed by atoms with Crippen LogP contribution in [0.3, 0.4) is 0 Å². The fraction of sp³-hybridized carbons (Fsp3) is 0.526. The number of sulfonamides is 1. The first-order valence-electron chi connectivity index (χ1n) is 18.1. The lowest BCUT2D eigenvalue weighted by atomic mass is 10.0. The minimum Gasteiger partial charge on any atom is -0.457 e. The van der Waals surface area contributed by atoms with Crippen molar-refractivity contribution in [3.8, 4) is 11.5 Å². The molecule has 5 atom stereocenters. The summed E-state index contributed by atoms with van der Waals surface area (Å²) in [4.78, 5) is 56.0. The van der Waals surface area contributed by atoms with E-state index in [1.54, 1.807) is 13.8 Å². The number of aryl methyl sites for hydroxylation is 1. The average Bonchev–Trinajstić information content (AvgIpc) is 4.05. The minimum atomic E-state index is -3.88. The summed E-state index contributed by atoms with van der Waals surface area (Å²) in [6.45, 7) is 7.70. The molecule has 13 nitrogen and oxygen atoms in total. The molecular weight excluding hydrogens is 689 g/mol. The number of amides is 4. The minimum absolute atomic E-state index is 0.0333. The van der Waals surface area contributed by atoms with Gasteiger partial charge in [-0.25, -0.2) is 13.2 Å². The lowest BCUT2D eigenvalue weighted by molar-refractivity contribution is -0.141. The number of hydrogen-bond acceptors (Lipinski definition) is 9. The van der Waals surface area contributed by atoms with Gasteiger partial charge in [0.25, 0.3) is 5.91 Å². The van der Waals surface area contributed by atoms with Crippen LogP contribution in [-0.4, -0.2) is 79.3 Å². The van der Waals surface area contributed by atoms with Gasteiger partial charge in [0.15, 0.2) is 0 Å². The van der Waals surface area contributed by atoms with Crippen LogP contribution in [0, 0.1) is 11.8 Å². The molecule has 0 unspecified atom stereocenters. The lowest BCUT2D eigenvalue weighted by Crippen LogP contribution is -2.59. The van der Waals surface area contributed by atoms with Crippen LogP contribution in [0.1, 0.15) is 69.9 Å². The third-order valence-corrected chi connectivity index (χ3v) is 12.0. The van der Waals surface area contributed by atoms with Crippen LogP contribution >= 0.6 is 0 Å². The number of hydrogen-bond donors (Lipinski definition) is 3. The molecule has 0 aromatic heterocycles. The van der Waals surface area contributed by atoms with Gasteiger partial charge in [0.2, 0.25) is 21.8 Å². The molecule has 3 fully saturated rings. The van der Waals surface area contributed by atoms with E-state index in [1.165, 1.54) is 11.0 Å². The molecule has 0 spiro atoms. The predicted octanol–water partition coefficient (Wildman–Crippen LogP) is 4.11. The Morgan fingerprint density at radius 1 is 1.10 bits per heavy atom. The van der Waals surface area contributed by atoms with Crippen LogP contribution in [0.4, 0.5) is 4.79 Å². The molecule has 4 amide bonds. The van der Waals surface area contributed by atoms with Gasteiger partial charge in [0.05, 0.1) is 24.6 Å². The molecule has 4 bridgehead atoms. The Hall–Kier alpha value is -4.43. The summed E-state index contributed by atoms with van der Waals surface area (Å²) in [5, 5.41) is 4.87. The summed E-state index contributed by atoms with van der Waals surface area (Å²) < 4.78 is 45.6. The number of carbonyl (C=O) groups is 4. The number of carbonyl (C=O) groups excluding carboxylic acids is 4. The van der Waals surface area contributed by atoms with Crippen molar-refractivity contribution in [3.05, 3.63) is 72.3 Å². The number of alkyl carbamates (subject to hydrolysis) is 1. The second-order valence-electron chi connectivity index (χ2n) is 14.5. The van der Waals surface area contributed by atoms with Gasteiger partial charge in [-0.2, -0.15) is 0 Å². The smallest absolute Gasteiger partial charge is 0.407 e. The zero-order valence-corrected chi connectivity index (χ0v) is 30.5. The molecule has 280 valence electrons. The second kappa shape index (κ2) is 15.7. The fourth-order valence-corrected chi connectivity index (χ4v) is 8.25. The lowest BCUT2D eigenvalue weighted by Gasteiger charge is -2.31. The topological polar surface area (TPSA) is 169 Å². The van der Waals surface area contributed by atoms with Gasteiger partial charge in [-0.15, -0.1) is 6.58 Å². The normalized spacial score (nSPS) is 27.0. The molecule has 14 heteroatoms.